The molecule has 3 rings (SSSR count). The molecule has 80 valence electrons. The molecule has 2 heteroatoms. The molecular weight excluding hydrogens is 206 g/mol. The van der Waals surface area contributed by atoms with Crippen molar-refractivity contribution in [2.75, 3.05) is 0 Å². The zero-order valence-electron chi connectivity index (χ0n) is 8.80. The SMILES string of the molecule is NC1CCC2(CCC2)c2cccc(Cl)c21. The van der Waals surface area contributed by atoms with Gasteiger partial charge >= 0.3 is 0 Å². The van der Waals surface area contributed by atoms with E-state index in [0.29, 0.717) is 5.41 Å². The Bertz CT molecular complexity index is 396. The fourth-order valence-corrected chi connectivity index (χ4v) is 3.52. The van der Waals surface area contributed by atoms with Crippen molar-refractivity contribution in [1.29, 1.82) is 0 Å². The Morgan fingerprint density at radius 1 is 1.27 bits per heavy atom. The summed E-state index contributed by atoms with van der Waals surface area (Å²) < 4.78 is 0. The molecule has 1 fully saturated rings. The Morgan fingerprint density at radius 3 is 2.73 bits per heavy atom. The Kier molecular flexibility index (Phi) is 2.08. The number of halogens is 1. The van der Waals surface area contributed by atoms with E-state index in [1.807, 2.05) is 6.07 Å². The molecule has 2 N–H and O–H groups in total. The highest BCUT2D eigenvalue weighted by molar-refractivity contribution is 6.31. The summed E-state index contributed by atoms with van der Waals surface area (Å²) in [5.41, 5.74) is 9.27. The molecule has 0 amide bonds. The molecule has 2 aliphatic rings. The lowest BCUT2D eigenvalue weighted by molar-refractivity contribution is 0.199. The standard InChI is InChI=1S/C13H16ClN/c14-10-4-1-3-9-12(10)11(15)5-8-13(9)6-2-7-13/h1,3-4,11H,2,5-8,15H2. The van der Waals surface area contributed by atoms with E-state index in [1.165, 1.54) is 36.8 Å². The van der Waals surface area contributed by atoms with Crippen molar-refractivity contribution < 1.29 is 0 Å². The van der Waals surface area contributed by atoms with Gasteiger partial charge in [0.05, 0.1) is 0 Å². The van der Waals surface area contributed by atoms with Crippen LogP contribution in [-0.4, -0.2) is 0 Å². The summed E-state index contributed by atoms with van der Waals surface area (Å²) in [4.78, 5) is 0. The number of rotatable bonds is 0. The van der Waals surface area contributed by atoms with Gasteiger partial charge in [-0.1, -0.05) is 30.2 Å². The first-order valence-electron chi connectivity index (χ1n) is 5.77. The van der Waals surface area contributed by atoms with Gasteiger partial charge in [0.25, 0.3) is 0 Å². The van der Waals surface area contributed by atoms with Crippen molar-refractivity contribution in [2.45, 2.75) is 43.6 Å². The fourth-order valence-electron chi connectivity index (χ4n) is 3.21. The molecule has 0 aromatic heterocycles. The van der Waals surface area contributed by atoms with Gasteiger partial charge in [0, 0.05) is 11.1 Å². The van der Waals surface area contributed by atoms with Crippen LogP contribution in [-0.2, 0) is 5.41 Å². The van der Waals surface area contributed by atoms with Crippen molar-refractivity contribution in [1.82, 2.24) is 0 Å². The Hall–Kier alpha value is -0.530. The Morgan fingerprint density at radius 2 is 2.07 bits per heavy atom. The highest BCUT2D eigenvalue weighted by atomic mass is 35.5. The molecular formula is C13H16ClN. The van der Waals surface area contributed by atoms with Crippen LogP contribution in [0.5, 0.6) is 0 Å². The van der Waals surface area contributed by atoms with E-state index in [-0.39, 0.29) is 6.04 Å². The molecule has 1 spiro atoms. The van der Waals surface area contributed by atoms with Crippen LogP contribution in [0, 0.1) is 0 Å². The lowest BCUT2D eigenvalue weighted by Gasteiger charge is -2.48. The molecule has 1 saturated carbocycles. The number of fused-ring (bicyclic) bond motifs is 2. The van der Waals surface area contributed by atoms with Crippen LogP contribution < -0.4 is 5.73 Å². The second-order valence-electron chi connectivity index (χ2n) is 4.98. The van der Waals surface area contributed by atoms with Gasteiger partial charge in [-0.2, -0.15) is 0 Å². The van der Waals surface area contributed by atoms with Crippen molar-refractivity contribution in [3.8, 4) is 0 Å². The summed E-state index contributed by atoms with van der Waals surface area (Å²) in [6.07, 6.45) is 6.36. The van der Waals surface area contributed by atoms with Gasteiger partial charge < -0.3 is 5.73 Å². The molecule has 0 aliphatic heterocycles. The monoisotopic (exact) mass is 221 g/mol. The van der Waals surface area contributed by atoms with Crippen LogP contribution in [0.2, 0.25) is 5.02 Å². The molecule has 15 heavy (non-hydrogen) atoms. The fraction of sp³-hybridized carbons (Fsp3) is 0.538. The number of hydrogen-bond acceptors (Lipinski definition) is 1. The van der Waals surface area contributed by atoms with Crippen LogP contribution in [0.15, 0.2) is 18.2 Å². The van der Waals surface area contributed by atoms with Crippen LogP contribution in [0.1, 0.15) is 49.3 Å². The van der Waals surface area contributed by atoms with E-state index in [4.69, 9.17) is 17.3 Å². The molecule has 0 saturated heterocycles. The van der Waals surface area contributed by atoms with E-state index in [0.717, 1.165) is 11.4 Å². The van der Waals surface area contributed by atoms with Crippen molar-refractivity contribution in [3.63, 3.8) is 0 Å². The van der Waals surface area contributed by atoms with Gasteiger partial charge in [-0.15, -0.1) is 0 Å². The highest BCUT2D eigenvalue weighted by Gasteiger charge is 2.43. The predicted octanol–water partition coefficient (Wildman–Crippen LogP) is 3.56. The number of hydrogen-bond donors (Lipinski definition) is 1. The topological polar surface area (TPSA) is 26.0 Å². The number of nitrogens with two attached hydrogens (primary N) is 1. The third-order valence-corrected chi connectivity index (χ3v) is 4.57. The smallest absolute Gasteiger partial charge is 0.0456 e. The lowest BCUT2D eigenvalue weighted by atomic mass is 9.57. The normalized spacial score (nSPS) is 27.2. The molecule has 1 aromatic rings. The quantitative estimate of drug-likeness (QED) is 0.713. The summed E-state index contributed by atoms with van der Waals surface area (Å²) >= 11 is 6.27. The van der Waals surface area contributed by atoms with E-state index >= 15 is 0 Å². The first kappa shape index (κ1) is 9.68. The van der Waals surface area contributed by atoms with Gasteiger partial charge in [-0.25, -0.2) is 0 Å². The van der Waals surface area contributed by atoms with Gasteiger partial charge in [0.15, 0.2) is 0 Å². The first-order chi connectivity index (χ1) is 7.23. The average molecular weight is 222 g/mol. The van der Waals surface area contributed by atoms with Crippen LogP contribution >= 0.6 is 11.6 Å². The maximum atomic E-state index is 6.27. The first-order valence-corrected chi connectivity index (χ1v) is 6.15. The molecule has 1 atom stereocenters. The molecule has 0 bridgehead atoms. The summed E-state index contributed by atoms with van der Waals surface area (Å²) in [6, 6.07) is 6.43. The maximum absolute atomic E-state index is 6.27. The van der Waals surface area contributed by atoms with E-state index in [2.05, 4.69) is 12.1 Å². The summed E-state index contributed by atoms with van der Waals surface area (Å²) in [6.45, 7) is 0. The summed E-state index contributed by atoms with van der Waals surface area (Å²) in [7, 11) is 0. The highest BCUT2D eigenvalue weighted by Crippen LogP contribution is 2.54. The van der Waals surface area contributed by atoms with Crippen LogP contribution in [0.3, 0.4) is 0 Å². The zero-order chi connectivity index (χ0) is 10.5. The Balaban J connectivity index is 2.17. The predicted molar refractivity (Wildman–Crippen MR) is 63.1 cm³/mol. The zero-order valence-corrected chi connectivity index (χ0v) is 9.56. The van der Waals surface area contributed by atoms with Crippen molar-refractivity contribution >= 4 is 11.6 Å². The maximum Gasteiger partial charge on any atom is 0.0456 e. The molecule has 1 nitrogen and oxygen atoms in total. The minimum atomic E-state index is 0.153. The molecule has 0 radical (unpaired) electrons. The minimum Gasteiger partial charge on any atom is -0.324 e. The van der Waals surface area contributed by atoms with Crippen LogP contribution in [0.4, 0.5) is 0 Å². The van der Waals surface area contributed by atoms with Gasteiger partial charge in [-0.3, -0.25) is 0 Å². The van der Waals surface area contributed by atoms with Crippen LogP contribution in [0.25, 0.3) is 0 Å². The molecule has 2 aliphatic carbocycles. The molecule has 1 aromatic carbocycles. The Labute approximate surface area is 95.6 Å². The van der Waals surface area contributed by atoms with Crippen molar-refractivity contribution in [3.05, 3.63) is 34.3 Å². The average Bonchev–Trinajstić information content (AvgIpc) is 2.16. The van der Waals surface area contributed by atoms with Gasteiger partial charge in [-0.05, 0) is 48.3 Å². The third-order valence-electron chi connectivity index (χ3n) is 4.24. The second kappa shape index (κ2) is 3.23. The largest absolute Gasteiger partial charge is 0.324 e. The summed E-state index contributed by atoms with van der Waals surface area (Å²) in [5, 5.41) is 0.867. The lowest BCUT2D eigenvalue weighted by Crippen LogP contribution is -2.40. The van der Waals surface area contributed by atoms with Crippen molar-refractivity contribution in [2.24, 2.45) is 5.73 Å². The third kappa shape index (κ3) is 1.26. The summed E-state index contributed by atoms with van der Waals surface area (Å²) in [5.74, 6) is 0. The van der Waals surface area contributed by atoms with Gasteiger partial charge in [0.2, 0.25) is 0 Å². The number of benzene rings is 1. The van der Waals surface area contributed by atoms with Gasteiger partial charge in [0.1, 0.15) is 0 Å². The molecule has 0 heterocycles. The van der Waals surface area contributed by atoms with E-state index in [1.54, 1.807) is 0 Å². The van der Waals surface area contributed by atoms with E-state index < -0.39 is 0 Å². The minimum absolute atomic E-state index is 0.153. The molecule has 1 unspecified atom stereocenters. The van der Waals surface area contributed by atoms with E-state index in [9.17, 15) is 0 Å². The second-order valence-corrected chi connectivity index (χ2v) is 5.39.